The molecule has 0 fully saturated rings. The van der Waals surface area contributed by atoms with Crippen LogP contribution in [-0.4, -0.2) is 20.2 Å². The lowest BCUT2D eigenvalue weighted by Gasteiger charge is -2.06. The van der Waals surface area contributed by atoms with Crippen molar-refractivity contribution in [3.05, 3.63) is 69.2 Å². The molecule has 24 heavy (non-hydrogen) atoms. The second-order valence-electron chi connectivity index (χ2n) is 4.99. The second-order valence-corrected chi connectivity index (χ2v) is 6.05. The van der Waals surface area contributed by atoms with Crippen molar-refractivity contribution in [2.45, 2.75) is 13.2 Å². The molecule has 0 unspecified atom stereocenters. The van der Waals surface area contributed by atoms with Crippen LogP contribution in [0.15, 0.2) is 48.5 Å². The highest BCUT2D eigenvalue weighted by molar-refractivity contribution is 7.14. The summed E-state index contributed by atoms with van der Waals surface area (Å²) >= 11 is 1.43. The zero-order valence-electron chi connectivity index (χ0n) is 12.5. The fraction of sp³-hybridized carbons (Fsp3) is 0.125. The van der Waals surface area contributed by atoms with E-state index in [2.05, 4.69) is 15.5 Å². The quantitative estimate of drug-likeness (QED) is 0.527. The van der Waals surface area contributed by atoms with Crippen LogP contribution >= 0.6 is 11.3 Å². The molecule has 1 aromatic heterocycles. The molecule has 1 heterocycles. The second kappa shape index (κ2) is 7.16. The fourth-order valence-electron chi connectivity index (χ4n) is 2.18. The third kappa shape index (κ3) is 3.55. The SMILES string of the molecule is O=[N+]([O-])c1ccc(CO)cc1NCc1nnc(-c2ccccc2)s1. The van der Waals surface area contributed by atoms with Crippen LogP contribution in [0.3, 0.4) is 0 Å². The maximum Gasteiger partial charge on any atom is 0.292 e. The highest BCUT2D eigenvalue weighted by Gasteiger charge is 2.15. The van der Waals surface area contributed by atoms with Gasteiger partial charge in [-0.15, -0.1) is 10.2 Å². The van der Waals surface area contributed by atoms with Crippen molar-refractivity contribution in [2.75, 3.05) is 5.32 Å². The van der Waals surface area contributed by atoms with Crippen molar-refractivity contribution in [1.82, 2.24) is 10.2 Å². The summed E-state index contributed by atoms with van der Waals surface area (Å²) in [6.07, 6.45) is 0. The van der Waals surface area contributed by atoms with Crippen LogP contribution in [0.1, 0.15) is 10.6 Å². The topological polar surface area (TPSA) is 101 Å². The van der Waals surface area contributed by atoms with E-state index in [4.69, 9.17) is 0 Å². The molecule has 7 nitrogen and oxygen atoms in total. The van der Waals surface area contributed by atoms with Gasteiger partial charge in [-0.25, -0.2) is 0 Å². The first-order valence-corrected chi connectivity index (χ1v) is 7.99. The standard InChI is InChI=1S/C16H14N4O3S/c21-10-11-6-7-14(20(22)23)13(8-11)17-9-15-18-19-16(24-15)12-4-2-1-3-5-12/h1-8,17,21H,9-10H2. The molecular formula is C16H14N4O3S. The van der Waals surface area contributed by atoms with E-state index in [9.17, 15) is 15.2 Å². The summed E-state index contributed by atoms with van der Waals surface area (Å²) in [5.74, 6) is 0. The van der Waals surface area contributed by atoms with Crippen molar-refractivity contribution in [1.29, 1.82) is 0 Å². The molecule has 8 heteroatoms. The summed E-state index contributed by atoms with van der Waals surface area (Å²) in [4.78, 5) is 10.6. The van der Waals surface area contributed by atoms with E-state index in [1.807, 2.05) is 30.3 Å². The van der Waals surface area contributed by atoms with Crippen molar-refractivity contribution >= 4 is 22.7 Å². The van der Waals surface area contributed by atoms with Gasteiger partial charge in [-0.05, 0) is 17.7 Å². The van der Waals surface area contributed by atoms with E-state index in [-0.39, 0.29) is 12.3 Å². The van der Waals surface area contributed by atoms with Gasteiger partial charge in [0.05, 0.1) is 18.1 Å². The number of hydrogen-bond donors (Lipinski definition) is 2. The number of aromatic nitrogens is 2. The molecule has 0 saturated carbocycles. The fourth-order valence-corrected chi connectivity index (χ4v) is 2.96. The number of nitrogens with zero attached hydrogens (tertiary/aromatic N) is 3. The first-order valence-electron chi connectivity index (χ1n) is 7.17. The molecule has 0 saturated heterocycles. The maximum absolute atomic E-state index is 11.1. The summed E-state index contributed by atoms with van der Waals surface area (Å²) in [5, 5.41) is 33.1. The molecule has 0 aliphatic carbocycles. The van der Waals surface area contributed by atoms with Crippen LogP contribution in [0.25, 0.3) is 10.6 Å². The minimum Gasteiger partial charge on any atom is -0.392 e. The number of nitrogens with one attached hydrogen (secondary N) is 1. The molecule has 0 aliphatic heterocycles. The summed E-state index contributed by atoms with van der Waals surface area (Å²) in [6.45, 7) is 0.143. The van der Waals surface area contributed by atoms with Crippen molar-refractivity contribution in [3.63, 3.8) is 0 Å². The Labute approximate surface area is 141 Å². The highest BCUT2D eigenvalue weighted by atomic mass is 32.1. The molecule has 3 rings (SSSR count). The molecule has 0 aliphatic rings. The predicted octanol–water partition coefficient (Wildman–Crippen LogP) is 3.22. The minimum atomic E-state index is -0.459. The van der Waals surface area contributed by atoms with E-state index in [1.165, 1.54) is 23.5 Å². The Hall–Kier alpha value is -2.84. The van der Waals surface area contributed by atoms with Gasteiger partial charge < -0.3 is 10.4 Å². The van der Waals surface area contributed by atoms with Gasteiger partial charge in [0.25, 0.3) is 5.69 Å². The van der Waals surface area contributed by atoms with Gasteiger partial charge in [-0.2, -0.15) is 0 Å². The Kier molecular flexibility index (Phi) is 4.78. The molecule has 2 N–H and O–H groups in total. The number of aliphatic hydroxyl groups excluding tert-OH is 1. The van der Waals surface area contributed by atoms with Crippen molar-refractivity contribution < 1.29 is 10.0 Å². The van der Waals surface area contributed by atoms with Crippen LogP contribution in [0.2, 0.25) is 0 Å². The van der Waals surface area contributed by atoms with Gasteiger partial charge in [0.2, 0.25) is 0 Å². The van der Waals surface area contributed by atoms with E-state index < -0.39 is 4.92 Å². The zero-order chi connectivity index (χ0) is 16.9. The Morgan fingerprint density at radius 3 is 2.67 bits per heavy atom. The molecule has 0 amide bonds. The summed E-state index contributed by atoms with van der Waals surface area (Å²) < 4.78 is 0. The number of rotatable bonds is 6. The normalized spacial score (nSPS) is 10.5. The third-order valence-corrected chi connectivity index (χ3v) is 4.33. The maximum atomic E-state index is 11.1. The molecule has 0 spiro atoms. The first kappa shape index (κ1) is 16.0. The number of nitro groups is 1. The molecule has 0 atom stereocenters. The Morgan fingerprint density at radius 1 is 1.17 bits per heavy atom. The predicted molar refractivity (Wildman–Crippen MR) is 91.7 cm³/mol. The average molecular weight is 342 g/mol. The number of hydrogen-bond acceptors (Lipinski definition) is 7. The van der Waals surface area contributed by atoms with Crippen LogP contribution in [-0.2, 0) is 13.2 Å². The minimum absolute atomic E-state index is 0.0417. The van der Waals surface area contributed by atoms with E-state index >= 15 is 0 Å². The van der Waals surface area contributed by atoms with E-state index in [0.29, 0.717) is 17.8 Å². The molecule has 0 bridgehead atoms. The van der Waals surface area contributed by atoms with Crippen LogP contribution in [0, 0.1) is 10.1 Å². The van der Waals surface area contributed by atoms with E-state index in [0.717, 1.165) is 15.6 Å². The molecule has 3 aromatic rings. The number of nitro benzene ring substituents is 1. The smallest absolute Gasteiger partial charge is 0.292 e. The summed E-state index contributed by atoms with van der Waals surface area (Å²) in [6, 6.07) is 14.2. The number of anilines is 1. The first-order chi connectivity index (χ1) is 11.7. The van der Waals surface area contributed by atoms with Crippen molar-refractivity contribution in [3.8, 4) is 10.6 Å². The Morgan fingerprint density at radius 2 is 1.96 bits per heavy atom. The van der Waals surface area contributed by atoms with E-state index in [1.54, 1.807) is 6.07 Å². The van der Waals surface area contributed by atoms with Crippen LogP contribution in [0.5, 0.6) is 0 Å². The molecule has 122 valence electrons. The van der Waals surface area contributed by atoms with Gasteiger partial charge in [-0.1, -0.05) is 41.7 Å². The highest BCUT2D eigenvalue weighted by Crippen LogP contribution is 2.27. The number of benzene rings is 2. The van der Waals surface area contributed by atoms with Gasteiger partial charge >= 0.3 is 0 Å². The van der Waals surface area contributed by atoms with Gasteiger partial charge in [0.15, 0.2) is 0 Å². The summed E-state index contributed by atoms with van der Waals surface area (Å²) in [5.41, 5.74) is 1.89. The lowest BCUT2D eigenvalue weighted by Crippen LogP contribution is -2.03. The van der Waals surface area contributed by atoms with Crippen LogP contribution < -0.4 is 5.32 Å². The lowest BCUT2D eigenvalue weighted by atomic mass is 10.2. The Bertz CT molecular complexity index is 852. The van der Waals surface area contributed by atoms with Crippen molar-refractivity contribution in [2.24, 2.45) is 0 Å². The van der Waals surface area contributed by atoms with Gasteiger partial charge in [0, 0.05) is 11.6 Å². The molecule has 0 radical (unpaired) electrons. The zero-order valence-corrected chi connectivity index (χ0v) is 13.4. The Balaban J connectivity index is 1.77. The largest absolute Gasteiger partial charge is 0.392 e. The van der Waals surface area contributed by atoms with Gasteiger partial charge in [-0.3, -0.25) is 10.1 Å². The third-order valence-electron chi connectivity index (χ3n) is 3.36. The number of aliphatic hydroxyl groups is 1. The molecular weight excluding hydrogens is 328 g/mol. The average Bonchev–Trinajstić information content (AvgIpc) is 3.09. The summed E-state index contributed by atoms with van der Waals surface area (Å²) in [7, 11) is 0. The van der Waals surface area contributed by atoms with Gasteiger partial charge in [0.1, 0.15) is 15.7 Å². The molecule has 2 aromatic carbocycles. The monoisotopic (exact) mass is 342 g/mol. The van der Waals surface area contributed by atoms with Crippen LogP contribution in [0.4, 0.5) is 11.4 Å². The lowest BCUT2D eigenvalue weighted by molar-refractivity contribution is -0.384.